The van der Waals surface area contributed by atoms with Crippen molar-refractivity contribution in [3.63, 3.8) is 0 Å². The number of benzene rings is 2. The van der Waals surface area contributed by atoms with Crippen molar-refractivity contribution in [3.8, 4) is 5.75 Å². The maximum Gasteiger partial charge on any atom is 0.248 e. The van der Waals surface area contributed by atoms with Gasteiger partial charge in [-0.2, -0.15) is 0 Å². The Morgan fingerprint density at radius 1 is 1.32 bits per heavy atom. The minimum absolute atomic E-state index is 0.000868. The maximum absolute atomic E-state index is 13.5. The normalized spacial score (nSPS) is 15.9. The van der Waals surface area contributed by atoms with E-state index >= 15 is 0 Å². The average Bonchev–Trinajstić information content (AvgIpc) is 3.30. The first-order valence-corrected chi connectivity index (χ1v) is 11.1. The van der Waals surface area contributed by atoms with Crippen LogP contribution in [-0.4, -0.2) is 60.7 Å². The van der Waals surface area contributed by atoms with E-state index in [2.05, 4.69) is 20.6 Å². The van der Waals surface area contributed by atoms with E-state index in [-0.39, 0.29) is 17.0 Å². The van der Waals surface area contributed by atoms with Gasteiger partial charge in [-0.15, -0.1) is 0 Å². The van der Waals surface area contributed by atoms with Gasteiger partial charge in [0.25, 0.3) is 0 Å². The molecule has 8 nitrogen and oxygen atoms in total. The largest absolute Gasteiger partial charge is 0.486 e. The summed E-state index contributed by atoms with van der Waals surface area (Å²) in [6.07, 6.45) is 5.29. The van der Waals surface area contributed by atoms with E-state index < -0.39 is 5.82 Å². The molecule has 0 spiro atoms. The first kappa shape index (κ1) is 23.9. The molecule has 2 N–H and O–H groups in total. The molecule has 0 bridgehead atoms. The molecular formula is C24H25ClFN5O3. The Morgan fingerprint density at radius 3 is 2.91 bits per heavy atom. The standard InChI is InChI=1S/C24H25ClFN5O3/c1-31(2)8-3-4-23(32)30-21-12-20-17(11-22(21)34-16-7-9-33-13-16)24(28-14-27-20)29-15-5-6-19(26)18(25)10-15/h3-6,10-12,14,16H,7-9,13H2,1-2H3,(H,30,32)(H,27,28,29). The first-order chi connectivity index (χ1) is 16.4. The van der Waals surface area contributed by atoms with Gasteiger partial charge in [0.05, 0.1) is 29.4 Å². The van der Waals surface area contributed by atoms with Gasteiger partial charge >= 0.3 is 0 Å². The number of hydrogen-bond acceptors (Lipinski definition) is 7. The summed E-state index contributed by atoms with van der Waals surface area (Å²) in [5.41, 5.74) is 1.66. The molecular weight excluding hydrogens is 461 g/mol. The lowest BCUT2D eigenvalue weighted by molar-refractivity contribution is -0.111. The summed E-state index contributed by atoms with van der Waals surface area (Å²) in [5, 5.41) is 6.70. The van der Waals surface area contributed by atoms with Gasteiger partial charge in [-0.3, -0.25) is 4.79 Å². The van der Waals surface area contributed by atoms with E-state index in [1.165, 1.54) is 24.5 Å². The molecule has 1 aliphatic heterocycles. The summed E-state index contributed by atoms with van der Waals surface area (Å²) in [7, 11) is 3.85. The number of amides is 1. The molecule has 3 aromatic rings. The summed E-state index contributed by atoms with van der Waals surface area (Å²) in [6, 6.07) is 7.84. The third-order valence-electron chi connectivity index (χ3n) is 5.10. The predicted molar refractivity (Wildman–Crippen MR) is 130 cm³/mol. The highest BCUT2D eigenvalue weighted by atomic mass is 35.5. The monoisotopic (exact) mass is 485 g/mol. The second-order valence-corrected chi connectivity index (χ2v) is 8.51. The molecule has 1 aliphatic rings. The van der Waals surface area contributed by atoms with E-state index in [9.17, 15) is 9.18 Å². The van der Waals surface area contributed by atoms with Crippen molar-refractivity contribution in [3.05, 3.63) is 59.7 Å². The highest BCUT2D eigenvalue weighted by Crippen LogP contribution is 2.35. The van der Waals surface area contributed by atoms with Crippen LogP contribution in [0.1, 0.15) is 6.42 Å². The number of carbonyl (C=O) groups excluding carboxylic acids is 1. The highest BCUT2D eigenvalue weighted by Gasteiger charge is 2.21. The number of nitrogens with one attached hydrogen (secondary N) is 2. The SMILES string of the molecule is CN(C)CC=CC(=O)Nc1cc2ncnc(Nc3ccc(F)c(Cl)c3)c2cc1OC1CCOC1. The lowest BCUT2D eigenvalue weighted by atomic mass is 10.1. The zero-order chi connectivity index (χ0) is 24.1. The van der Waals surface area contributed by atoms with Gasteiger partial charge in [-0.05, 0) is 44.4 Å². The molecule has 0 radical (unpaired) electrons. The second kappa shape index (κ2) is 10.8. The zero-order valence-corrected chi connectivity index (χ0v) is 19.6. The Bertz CT molecular complexity index is 1210. The van der Waals surface area contributed by atoms with Crippen molar-refractivity contribution >= 4 is 45.6 Å². The molecule has 1 fully saturated rings. The Kier molecular flexibility index (Phi) is 7.56. The van der Waals surface area contributed by atoms with Gasteiger partial charge < -0.3 is 25.0 Å². The van der Waals surface area contributed by atoms with E-state index in [1.54, 1.807) is 24.3 Å². The molecule has 2 heterocycles. The number of anilines is 3. The molecule has 1 unspecified atom stereocenters. The molecule has 1 aromatic heterocycles. The average molecular weight is 486 g/mol. The Balaban J connectivity index is 1.67. The topological polar surface area (TPSA) is 88.6 Å². The Hall–Kier alpha value is -3.27. The van der Waals surface area contributed by atoms with E-state index in [4.69, 9.17) is 21.1 Å². The van der Waals surface area contributed by atoms with Crippen LogP contribution in [0.25, 0.3) is 10.9 Å². The summed E-state index contributed by atoms with van der Waals surface area (Å²) in [5.74, 6) is 0.188. The first-order valence-electron chi connectivity index (χ1n) is 10.8. The number of nitrogens with zero attached hydrogens (tertiary/aromatic N) is 3. The van der Waals surface area contributed by atoms with Gasteiger partial charge in [0.1, 0.15) is 29.8 Å². The fourth-order valence-corrected chi connectivity index (χ4v) is 3.60. The molecule has 10 heteroatoms. The molecule has 34 heavy (non-hydrogen) atoms. The smallest absolute Gasteiger partial charge is 0.248 e. The number of likely N-dealkylation sites (N-methyl/N-ethyl adjacent to an activating group) is 1. The summed E-state index contributed by atoms with van der Waals surface area (Å²) < 4.78 is 25.1. The zero-order valence-electron chi connectivity index (χ0n) is 18.8. The van der Waals surface area contributed by atoms with Gasteiger partial charge in [-0.1, -0.05) is 17.7 Å². The fourth-order valence-electron chi connectivity index (χ4n) is 3.42. The van der Waals surface area contributed by atoms with Crippen molar-refractivity contribution in [1.29, 1.82) is 0 Å². The predicted octanol–water partition coefficient (Wildman–Crippen LogP) is 4.39. The summed E-state index contributed by atoms with van der Waals surface area (Å²) in [6.45, 7) is 1.73. The molecule has 1 amide bonds. The van der Waals surface area contributed by atoms with E-state index in [0.717, 1.165) is 6.42 Å². The van der Waals surface area contributed by atoms with Crippen molar-refractivity contribution in [1.82, 2.24) is 14.9 Å². The molecule has 178 valence electrons. The van der Waals surface area contributed by atoms with Crippen LogP contribution in [0.5, 0.6) is 5.75 Å². The van der Waals surface area contributed by atoms with Crippen LogP contribution in [-0.2, 0) is 9.53 Å². The van der Waals surface area contributed by atoms with Crippen LogP contribution < -0.4 is 15.4 Å². The number of carbonyl (C=O) groups is 1. The number of hydrogen-bond donors (Lipinski definition) is 2. The van der Waals surface area contributed by atoms with Gasteiger partial charge in [0, 0.05) is 30.1 Å². The van der Waals surface area contributed by atoms with E-state index in [0.29, 0.717) is 53.6 Å². The van der Waals surface area contributed by atoms with Crippen LogP contribution in [0, 0.1) is 5.82 Å². The quantitative estimate of drug-likeness (QED) is 0.457. The minimum atomic E-state index is -0.505. The third-order valence-corrected chi connectivity index (χ3v) is 5.39. The van der Waals surface area contributed by atoms with Crippen molar-refractivity contribution in [2.24, 2.45) is 0 Å². The fraction of sp³-hybridized carbons (Fsp3) is 0.292. The van der Waals surface area contributed by atoms with Crippen molar-refractivity contribution < 1.29 is 18.7 Å². The van der Waals surface area contributed by atoms with Crippen molar-refractivity contribution in [2.45, 2.75) is 12.5 Å². The van der Waals surface area contributed by atoms with Crippen LogP contribution >= 0.6 is 11.6 Å². The number of halogens is 2. The Morgan fingerprint density at radius 2 is 2.18 bits per heavy atom. The number of fused-ring (bicyclic) bond motifs is 1. The highest BCUT2D eigenvalue weighted by molar-refractivity contribution is 6.31. The molecule has 4 rings (SSSR count). The lowest BCUT2D eigenvalue weighted by Gasteiger charge is -2.18. The van der Waals surface area contributed by atoms with Crippen LogP contribution in [0.15, 0.2) is 48.8 Å². The van der Waals surface area contributed by atoms with Gasteiger partial charge in [-0.25, -0.2) is 14.4 Å². The van der Waals surface area contributed by atoms with Crippen molar-refractivity contribution in [2.75, 3.05) is 44.5 Å². The van der Waals surface area contributed by atoms with Gasteiger partial charge in [0.15, 0.2) is 0 Å². The van der Waals surface area contributed by atoms with E-state index in [1.807, 2.05) is 19.0 Å². The number of aromatic nitrogens is 2. The lowest BCUT2D eigenvalue weighted by Crippen LogP contribution is -2.18. The minimum Gasteiger partial charge on any atom is -0.486 e. The summed E-state index contributed by atoms with van der Waals surface area (Å²) in [4.78, 5) is 23.1. The molecule has 1 atom stereocenters. The number of rotatable bonds is 8. The molecule has 2 aromatic carbocycles. The van der Waals surface area contributed by atoms with Crippen LogP contribution in [0.4, 0.5) is 21.6 Å². The molecule has 1 saturated heterocycles. The maximum atomic E-state index is 13.5. The summed E-state index contributed by atoms with van der Waals surface area (Å²) >= 11 is 5.91. The van der Waals surface area contributed by atoms with Crippen LogP contribution in [0.2, 0.25) is 5.02 Å². The Labute approximate surface area is 201 Å². The number of ether oxygens (including phenoxy) is 2. The van der Waals surface area contributed by atoms with Gasteiger partial charge in [0.2, 0.25) is 5.91 Å². The second-order valence-electron chi connectivity index (χ2n) is 8.10. The molecule has 0 aliphatic carbocycles. The molecule has 0 saturated carbocycles. The van der Waals surface area contributed by atoms with Crippen LogP contribution in [0.3, 0.4) is 0 Å². The third kappa shape index (κ3) is 5.99.